The summed E-state index contributed by atoms with van der Waals surface area (Å²) in [6, 6.07) is 0. The van der Waals surface area contributed by atoms with Crippen LogP contribution in [0.4, 0.5) is 0 Å². The van der Waals surface area contributed by atoms with Gasteiger partial charge in [-0.1, -0.05) is 26.1 Å². The summed E-state index contributed by atoms with van der Waals surface area (Å²) >= 11 is 10.00. The number of hydrogen-bond acceptors (Lipinski definition) is 2. The maximum atomic E-state index is 5.01. The fraction of sp³-hybridized carbons (Fsp3) is 0.714. The summed E-state index contributed by atoms with van der Waals surface area (Å²) in [6.07, 6.45) is 0. The molecule has 0 amide bonds. The van der Waals surface area contributed by atoms with Crippen molar-refractivity contribution >= 4 is 34.5 Å². The molecule has 0 radical (unpaired) electrons. The molecule has 1 rings (SSSR count). The second-order valence-corrected chi connectivity index (χ2v) is 2.93. The molecule has 0 spiro atoms. The number of rotatable bonds is 0. The Labute approximate surface area is 79.2 Å². The molecular formula is C7H14N2S2. The Hall–Kier alpha value is -0.220. The lowest BCUT2D eigenvalue weighted by Gasteiger charge is -2.11. The van der Waals surface area contributed by atoms with Crippen LogP contribution in [0.5, 0.6) is 0 Å². The molecule has 2 nitrogen and oxygen atoms in total. The van der Waals surface area contributed by atoms with Gasteiger partial charge in [0.2, 0.25) is 0 Å². The van der Waals surface area contributed by atoms with Gasteiger partial charge >= 0.3 is 0 Å². The van der Waals surface area contributed by atoms with Crippen LogP contribution in [0.15, 0.2) is 0 Å². The third-order valence-electron chi connectivity index (χ3n) is 1.36. The predicted molar refractivity (Wildman–Crippen MR) is 56.9 cm³/mol. The fourth-order valence-electron chi connectivity index (χ4n) is 0.739. The van der Waals surface area contributed by atoms with Gasteiger partial charge in [-0.2, -0.15) is 0 Å². The summed E-state index contributed by atoms with van der Waals surface area (Å²) < 4.78 is 0. The van der Waals surface area contributed by atoms with Gasteiger partial charge in [-0.3, -0.25) is 0 Å². The maximum absolute atomic E-state index is 5.01. The molecule has 0 N–H and O–H groups in total. The Morgan fingerprint density at radius 3 is 1.73 bits per heavy atom. The van der Waals surface area contributed by atoms with Crippen LogP contribution in [-0.4, -0.2) is 40.5 Å². The van der Waals surface area contributed by atoms with Crippen LogP contribution in [0.3, 0.4) is 0 Å². The van der Waals surface area contributed by atoms with Crippen LogP contribution < -0.4 is 0 Å². The highest BCUT2D eigenvalue weighted by atomic mass is 32.1. The van der Waals surface area contributed by atoms with E-state index in [-0.39, 0.29) is 0 Å². The molecule has 0 aliphatic carbocycles. The molecule has 1 fully saturated rings. The van der Waals surface area contributed by atoms with Gasteiger partial charge in [0.1, 0.15) is 4.99 Å². The zero-order chi connectivity index (χ0) is 9.02. The lowest BCUT2D eigenvalue weighted by Crippen LogP contribution is -2.26. The Morgan fingerprint density at radius 2 is 1.64 bits per heavy atom. The average Bonchev–Trinajstić information content (AvgIpc) is 2.22. The summed E-state index contributed by atoms with van der Waals surface area (Å²) in [7, 11) is 3.84. The van der Waals surface area contributed by atoms with Crippen molar-refractivity contribution in [3.8, 4) is 0 Å². The second kappa shape index (κ2) is 4.62. The number of nitrogens with zero attached hydrogens (tertiary/aromatic N) is 2. The van der Waals surface area contributed by atoms with Crippen LogP contribution in [0, 0.1) is 0 Å². The van der Waals surface area contributed by atoms with E-state index in [1.807, 2.05) is 37.7 Å². The highest BCUT2D eigenvalue weighted by molar-refractivity contribution is 7.82. The minimum absolute atomic E-state index is 0.796. The van der Waals surface area contributed by atoms with Gasteiger partial charge in [-0.25, -0.2) is 0 Å². The van der Waals surface area contributed by atoms with Crippen LogP contribution in [0.2, 0.25) is 0 Å². The van der Waals surface area contributed by atoms with Crippen molar-refractivity contribution in [2.24, 2.45) is 0 Å². The Bertz CT molecular complexity index is 168. The van der Waals surface area contributed by atoms with E-state index in [0.29, 0.717) is 0 Å². The molecule has 0 aromatic carbocycles. The normalized spacial score (nSPS) is 16.7. The first-order valence-corrected chi connectivity index (χ1v) is 4.46. The molecule has 0 bridgehead atoms. The van der Waals surface area contributed by atoms with Crippen LogP contribution in [-0.2, 0) is 0 Å². The molecule has 64 valence electrons. The van der Waals surface area contributed by atoms with E-state index < -0.39 is 0 Å². The third kappa shape index (κ3) is 2.38. The highest BCUT2D eigenvalue weighted by Gasteiger charge is 2.22. The van der Waals surface area contributed by atoms with Crippen LogP contribution in [0.1, 0.15) is 13.8 Å². The summed E-state index contributed by atoms with van der Waals surface area (Å²) in [6.45, 7) is 4.80. The molecule has 0 aromatic rings. The van der Waals surface area contributed by atoms with E-state index >= 15 is 0 Å². The van der Waals surface area contributed by atoms with Crippen LogP contribution in [0.25, 0.3) is 0 Å². The molecule has 0 saturated carbocycles. The molecule has 1 aliphatic rings. The van der Waals surface area contributed by atoms with Gasteiger partial charge < -0.3 is 9.80 Å². The van der Waals surface area contributed by atoms with Crippen molar-refractivity contribution in [2.45, 2.75) is 13.8 Å². The number of thiocarbonyl (C=S) groups is 2. The zero-order valence-electron chi connectivity index (χ0n) is 7.42. The molecule has 1 aliphatic heterocycles. The molecule has 11 heavy (non-hydrogen) atoms. The van der Waals surface area contributed by atoms with Crippen molar-refractivity contribution in [2.75, 3.05) is 20.6 Å². The third-order valence-corrected chi connectivity index (χ3v) is 2.35. The first-order chi connectivity index (χ1) is 5.13. The Morgan fingerprint density at radius 1 is 1.18 bits per heavy atom. The van der Waals surface area contributed by atoms with Gasteiger partial charge in [0.25, 0.3) is 0 Å². The second-order valence-electron chi connectivity index (χ2n) is 2.09. The largest absolute Gasteiger partial charge is 0.345 e. The number of likely N-dealkylation sites (N-methyl/N-ethyl adjacent to an activating group) is 2. The van der Waals surface area contributed by atoms with E-state index in [4.69, 9.17) is 24.4 Å². The van der Waals surface area contributed by atoms with E-state index in [1.54, 1.807) is 0 Å². The zero-order valence-corrected chi connectivity index (χ0v) is 9.05. The topological polar surface area (TPSA) is 6.48 Å². The lowest BCUT2D eigenvalue weighted by molar-refractivity contribution is 0.589. The Balaban J connectivity index is 0.000000461. The molecule has 0 unspecified atom stereocenters. The molecule has 1 saturated heterocycles. The van der Waals surface area contributed by atoms with Crippen molar-refractivity contribution in [3.05, 3.63) is 0 Å². The Kier molecular flexibility index (Phi) is 4.52. The monoisotopic (exact) mass is 190 g/mol. The molecule has 0 aromatic heterocycles. The van der Waals surface area contributed by atoms with Crippen LogP contribution >= 0.6 is 24.4 Å². The van der Waals surface area contributed by atoms with E-state index in [2.05, 4.69) is 0 Å². The quantitative estimate of drug-likeness (QED) is 0.534. The smallest absolute Gasteiger partial charge is 0.176 e. The van der Waals surface area contributed by atoms with Gasteiger partial charge in [0, 0.05) is 14.1 Å². The molecule has 4 heteroatoms. The van der Waals surface area contributed by atoms with Gasteiger partial charge in [-0.15, -0.1) is 0 Å². The first-order valence-electron chi connectivity index (χ1n) is 3.64. The van der Waals surface area contributed by atoms with Crippen molar-refractivity contribution < 1.29 is 0 Å². The van der Waals surface area contributed by atoms with E-state index in [9.17, 15) is 0 Å². The highest BCUT2D eigenvalue weighted by Crippen LogP contribution is 2.05. The van der Waals surface area contributed by atoms with E-state index in [0.717, 1.165) is 16.6 Å². The van der Waals surface area contributed by atoms with Gasteiger partial charge in [0.15, 0.2) is 5.11 Å². The predicted octanol–water partition coefficient (Wildman–Crippen LogP) is 1.50. The first kappa shape index (κ1) is 10.8. The summed E-state index contributed by atoms with van der Waals surface area (Å²) in [4.78, 5) is 4.71. The number of hydrogen-bond donors (Lipinski definition) is 0. The van der Waals surface area contributed by atoms with E-state index in [1.165, 1.54) is 0 Å². The fourth-order valence-corrected chi connectivity index (χ4v) is 1.25. The van der Waals surface area contributed by atoms with Crippen molar-refractivity contribution in [1.29, 1.82) is 0 Å². The molecule has 0 atom stereocenters. The van der Waals surface area contributed by atoms with Crippen molar-refractivity contribution in [3.63, 3.8) is 0 Å². The average molecular weight is 190 g/mol. The maximum Gasteiger partial charge on any atom is 0.176 e. The lowest BCUT2D eigenvalue weighted by atomic mass is 10.6. The van der Waals surface area contributed by atoms with Gasteiger partial charge in [-0.05, 0) is 12.2 Å². The summed E-state index contributed by atoms with van der Waals surface area (Å²) in [5.74, 6) is 0. The molecule has 1 heterocycles. The molecular weight excluding hydrogens is 176 g/mol. The van der Waals surface area contributed by atoms with Crippen molar-refractivity contribution in [1.82, 2.24) is 9.80 Å². The van der Waals surface area contributed by atoms with Gasteiger partial charge in [0.05, 0.1) is 6.54 Å². The summed E-state index contributed by atoms with van der Waals surface area (Å²) in [5.41, 5.74) is 0. The summed E-state index contributed by atoms with van der Waals surface area (Å²) in [5, 5.41) is 0.819. The standard InChI is InChI=1S/C5H8N2S2.C2H6/c1-6-3-4(8)7(2)5(6)9;1-2/h3H2,1-2H3;1-2H3. The minimum Gasteiger partial charge on any atom is -0.345 e. The minimum atomic E-state index is 0.796. The SMILES string of the molecule is CC.CN1CC(=S)N(C)C1=S.